The Morgan fingerprint density at radius 3 is 2.62 bits per heavy atom. The zero-order chi connectivity index (χ0) is 16.7. The summed E-state index contributed by atoms with van der Waals surface area (Å²) in [5.74, 6) is 2.28. The van der Waals surface area contributed by atoms with Gasteiger partial charge in [-0.2, -0.15) is 17.0 Å². The molecule has 3 fully saturated rings. The number of rotatable bonds is 1. The van der Waals surface area contributed by atoms with Crippen LogP contribution < -0.4 is 5.32 Å². The molecule has 2 heterocycles. The number of thioether (sulfide) groups is 1. The maximum absolute atomic E-state index is 12.6. The first kappa shape index (κ1) is 16.8. The van der Waals surface area contributed by atoms with Gasteiger partial charge in [0.15, 0.2) is 0 Å². The van der Waals surface area contributed by atoms with Crippen LogP contribution in [0, 0.1) is 29.1 Å². The lowest BCUT2D eigenvalue weighted by Gasteiger charge is -2.49. The summed E-state index contributed by atoms with van der Waals surface area (Å²) in [6.45, 7) is 0. The molecule has 24 heavy (non-hydrogen) atoms. The zero-order valence-corrected chi connectivity index (χ0v) is 15.5. The number of carbonyl (C=O) groups excluding carboxylic acids is 1. The first-order valence-electron chi connectivity index (χ1n) is 9.39. The van der Waals surface area contributed by atoms with E-state index in [1.165, 1.54) is 31.3 Å². The Hall–Kier alpha value is -0.660. The van der Waals surface area contributed by atoms with Gasteiger partial charge in [-0.1, -0.05) is 12.8 Å². The summed E-state index contributed by atoms with van der Waals surface area (Å²) in [4.78, 5) is 12.6. The number of hydrogen-bond donors (Lipinski definition) is 1. The predicted molar refractivity (Wildman–Crippen MR) is 97.9 cm³/mol. The molecule has 1 saturated heterocycles. The summed E-state index contributed by atoms with van der Waals surface area (Å²) in [6, 6.07) is 2.50. The minimum absolute atomic E-state index is 0.113. The number of nitrogens with one attached hydrogen (secondary N) is 1. The summed E-state index contributed by atoms with van der Waals surface area (Å²) < 4.78 is 0. The molecule has 2 saturated carbocycles. The highest BCUT2D eigenvalue weighted by atomic mass is 35.5. The van der Waals surface area contributed by atoms with E-state index in [2.05, 4.69) is 23.1 Å². The van der Waals surface area contributed by atoms with Crippen LogP contribution in [0.1, 0.15) is 51.4 Å². The van der Waals surface area contributed by atoms with Crippen LogP contribution in [-0.4, -0.2) is 28.3 Å². The van der Waals surface area contributed by atoms with E-state index in [0.717, 1.165) is 31.4 Å². The molecule has 4 aliphatic rings. The summed E-state index contributed by atoms with van der Waals surface area (Å²) in [5.41, 5.74) is 1.61. The van der Waals surface area contributed by atoms with Crippen molar-refractivity contribution in [3.63, 3.8) is 0 Å². The van der Waals surface area contributed by atoms with Gasteiger partial charge in [-0.3, -0.25) is 4.79 Å². The largest absolute Gasteiger partial charge is 0.348 e. The van der Waals surface area contributed by atoms with E-state index in [0.29, 0.717) is 28.6 Å². The Labute approximate surface area is 153 Å². The van der Waals surface area contributed by atoms with Crippen LogP contribution in [0.3, 0.4) is 0 Å². The molecular weight excluding hydrogens is 340 g/mol. The second-order valence-electron chi connectivity index (χ2n) is 7.82. The second kappa shape index (κ2) is 6.92. The van der Waals surface area contributed by atoms with Crippen molar-refractivity contribution < 1.29 is 4.79 Å². The van der Waals surface area contributed by atoms with Crippen molar-refractivity contribution in [1.82, 2.24) is 5.32 Å². The van der Waals surface area contributed by atoms with Gasteiger partial charge in [0.2, 0.25) is 0 Å². The number of fused-ring (bicyclic) bond motifs is 3. The average molecular weight is 365 g/mol. The molecule has 0 aromatic rings. The van der Waals surface area contributed by atoms with Crippen molar-refractivity contribution in [1.29, 1.82) is 5.26 Å². The van der Waals surface area contributed by atoms with Gasteiger partial charge in [0.1, 0.15) is 11.6 Å². The minimum atomic E-state index is -0.113. The molecule has 0 radical (unpaired) electrons. The maximum Gasteiger partial charge on any atom is 0.262 e. The number of carbonyl (C=O) groups is 1. The van der Waals surface area contributed by atoms with E-state index in [4.69, 9.17) is 11.6 Å². The molecule has 1 amide bonds. The number of nitriles is 1. The number of nitrogens with zero attached hydrogens (tertiary/aromatic N) is 1. The van der Waals surface area contributed by atoms with E-state index in [1.54, 1.807) is 0 Å². The molecule has 0 aromatic heterocycles. The molecule has 3 nitrogen and oxygen atoms in total. The number of amides is 1. The van der Waals surface area contributed by atoms with Gasteiger partial charge in [-0.25, -0.2) is 0 Å². The average Bonchev–Trinajstić information content (AvgIpc) is 2.61. The number of hydrogen-bond acceptors (Lipinski definition) is 3. The summed E-state index contributed by atoms with van der Waals surface area (Å²) in [5, 5.41) is 13.8. The Kier molecular flexibility index (Phi) is 4.84. The number of alkyl halides is 1. The zero-order valence-electron chi connectivity index (χ0n) is 14.0. The van der Waals surface area contributed by atoms with E-state index in [9.17, 15) is 10.1 Å². The highest BCUT2D eigenvalue weighted by Crippen LogP contribution is 2.49. The van der Waals surface area contributed by atoms with Gasteiger partial charge < -0.3 is 5.32 Å². The molecule has 4 rings (SSSR count). The molecular formula is C19H25ClN2OS. The quantitative estimate of drug-likeness (QED) is 0.715. The minimum Gasteiger partial charge on any atom is -0.348 e. The molecule has 4 atom stereocenters. The van der Waals surface area contributed by atoms with Crippen molar-refractivity contribution in [2.75, 3.05) is 5.75 Å². The number of halogens is 1. The third-order valence-electron chi connectivity index (χ3n) is 6.56. The lowest BCUT2D eigenvalue weighted by molar-refractivity contribution is -0.119. The van der Waals surface area contributed by atoms with Crippen LogP contribution in [0.2, 0.25) is 0 Å². The SMILES string of the molecule is N#CC1=C(C2CCC(Cl)CC2)C2CSC3CCCCC3C2NC1=O. The van der Waals surface area contributed by atoms with E-state index >= 15 is 0 Å². The topological polar surface area (TPSA) is 52.9 Å². The summed E-state index contributed by atoms with van der Waals surface area (Å²) in [7, 11) is 0. The van der Waals surface area contributed by atoms with Gasteiger partial charge in [0, 0.05) is 28.3 Å². The Morgan fingerprint density at radius 2 is 1.88 bits per heavy atom. The van der Waals surface area contributed by atoms with Gasteiger partial charge in [0.05, 0.1) is 0 Å². The fourth-order valence-corrected chi connectivity index (χ4v) is 7.37. The smallest absolute Gasteiger partial charge is 0.262 e. The molecule has 0 spiro atoms. The van der Waals surface area contributed by atoms with Crippen LogP contribution >= 0.6 is 23.4 Å². The van der Waals surface area contributed by atoms with Gasteiger partial charge in [0.25, 0.3) is 5.91 Å². The van der Waals surface area contributed by atoms with Crippen LogP contribution in [0.25, 0.3) is 0 Å². The standard InChI is InChI=1S/C19H25ClN2OS/c20-12-7-5-11(6-8-12)17-14(9-21)19(23)22-18-13-3-1-2-4-16(13)24-10-15(17)18/h11-13,15-16,18H,1-8,10H2,(H,22,23). The molecule has 1 N–H and O–H groups in total. The molecule has 4 unspecified atom stereocenters. The van der Waals surface area contributed by atoms with Crippen LogP contribution in [0.5, 0.6) is 0 Å². The lowest BCUT2D eigenvalue weighted by Crippen LogP contribution is -2.57. The van der Waals surface area contributed by atoms with Crippen LogP contribution in [-0.2, 0) is 4.79 Å². The molecule has 2 aliphatic heterocycles. The van der Waals surface area contributed by atoms with Crippen molar-refractivity contribution in [3.05, 3.63) is 11.1 Å². The first-order valence-corrected chi connectivity index (χ1v) is 10.9. The van der Waals surface area contributed by atoms with Gasteiger partial charge >= 0.3 is 0 Å². The normalized spacial score (nSPS) is 42.6. The van der Waals surface area contributed by atoms with Gasteiger partial charge in [-0.05, 0) is 55.9 Å². The second-order valence-corrected chi connectivity index (χ2v) is 9.71. The third-order valence-corrected chi connectivity index (χ3v) is 8.56. The highest BCUT2D eigenvalue weighted by molar-refractivity contribution is 8.00. The molecule has 2 aliphatic carbocycles. The molecule has 130 valence electrons. The van der Waals surface area contributed by atoms with Crippen molar-refractivity contribution >= 4 is 29.3 Å². The van der Waals surface area contributed by atoms with E-state index < -0.39 is 0 Å². The van der Waals surface area contributed by atoms with Crippen LogP contribution in [0.15, 0.2) is 11.1 Å². The molecule has 5 heteroatoms. The van der Waals surface area contributed by atoms with Crippen molar-refractivity contribution in [2.45, 2.75) is 68.0 Å². The van der Waals surface area contributed by atoms with Crippen LogP contribution in [0.4, 0.5) is 0 Å². The fourth-order valence-electron chi connectivity index (χ4n) is 5.39. The summed E-state index contributed by atoms with van der Waals surface area (Å²) in [6.07, 6.45) is 9.19. The predicted octanol–water partition coefficient (Wildman–Crippen LogP) is 4.02. The highest BCUT2D eigenvalue weighted by Gasteiger charge is 2.48. The van der Waals surface area contributed by atoms with E-state index in [1.807, 2.05) is 0 Å². The van der Waals surface area contributed by atoms with Gasteiger partial charge in [-0.15, -0.1) is 11.6 Å². The monoisotopic (exact) mass is 364 g/mol. The third kappa shape index (κ3) is 2.88. The first-order chi connectivity index (χ1) is 11.7. The summed E-state index contributed by atoms with van der Waals surface area (Å²) >= 11 is 8.38. The fraction of sp³-hybridized carbons (Fsp3) is 0.789. The van der Waals surface area contributed by atoms with Crippen molar-refractivity contribution in [2.24, 2.45) is 17.8 Å². The lowest BCUT2D eigenvalue weighted by atomic mass is 9.68. The van der Waals surface area contributed by atoms with E-state index in [-0.39, 0.29) is 17.3 Å². The maximum atomic E-state index is 12.6. The van der Waals surface area contributed by atoms with Crippen molar-refractivity contribution in [3.8, 4) is 6.07 Å². The Morgan fingerprint density at radius 1 is 1.12 bits per heavy atom. The Balaban J connectivity index is 1.66. The molecule has 0 aromatic carbocycles. The Bertz CT molecular complexity index is 591. The molecule has 0 bridgehead atoms.